The predicted octanol–water partition coefficient (Wildman–Crippen LogP) is 0.854. The Kier molecular flexibility index (Phi) is 2.63. The highest BCUT2D eigenvalue weighted by atomic mass is 32.2. The first-order valence-corrected chi connectivity index (χ1v) is 5.95. The normalized spacial score (nSPS) is 42.2. The Hall–Kier alpha value is 0.270. The first-order valence-electron chi connectivity index (χ1n) is 4.79. The summed E-state index contributed by atoms with van der Waals surface area (Å²) in [6.45, 7) is 1.53. The second-order valence-corrected chi connectivity index (χ2v) is 5.11. The number of hydrogen-bond donors (Lipinski definition) is 2. The zero-order valence-corrected chi connectivity index (χ0v) is 8.20. The van der Waals surface area contributed by atoms with Crippen molar-refractivity contribution in [1.82, 2.24) is 5.32 Å². The molecule has 2 saturated heterocycles. The van der Waals surface area contributed by atoms with Gasteiger partial charge in [-0.1, -0.05) is 0 Å². The summed E-state index contributed by atoms with van der Waals surface area (Å²) in [7, 11) is 0. The number of rotatable bonds is 1. The van der Waals surface area contributed by atoms with E-state index in [1.165, 1.54) is 30.8 Å². The summed E-state index contributed by atoms with van der Waals surface area (Å²) in [5.41, 5.74) is 0.240. The molecule has 12 heavy (non-hydrogen) atoms. The third-order valence-electron chi connectivity index (χ3n) is 3.33. The molecular weight excluding hydrogens is 170 g/mol. The minimum atomic E-state index is 0.240. The fourth-order valence-corrected chi connectivity index (χ4v) is 3.81. The Morgan fingerprint density at radius 3 is 3.17 bits per heavy atom. The first kappa shape index (κ1) is 8.85. The summed E-state index contributed by atoms with van der Waals surface area (Å²) >= 11 is 2.02. The summed E-state index contributed by atoms with van der Waals surface area (Å²) in [4.78, 5) is 0. The van der Waals surface area contributed by atoms with Crippen LogP contribution >= 0.6 is 11.8 Å². The summed E-state index contributed by atoms with van der Waals surface area (Å²) in [5.74, 6) is 2.43. The molecule has 0 aromatic heterocycles. The van der Waals surface area contributed by atoms with E-state index in [1.54, 1.807) is 0 Å². The molecule has 3 heteroatoms. The van der Waals surface area contributed by atoms with Gasteiger partial charge in [-0.25, -0.2) is 0 Å². The lowest BCUT2D eigenvalue weighted by molar-refractivity contribution is 0.0536. The minimum Gasteiger partial charge on any atom is -0.396 e. The third kappa shape index (κ3) is 1.38. The van der Waals surface area contributed by atoms with Crippen LogP contribution in [0, 0.1) is 5.41 Å². The summed E-state index contributed by atoms with van der Waals surface area (Å²) in [6, 6.07) is 0.579. The van der Waals surface area contributed by atoms with Crippen molar-refractivity contribution in [1.29, 1.82) is 0 Å². The van der Waals surface area contributed by atoms with Crippen molar-refractivity contribution in [2.45, 2.75) is 25.3 Å². The predicted molar refractivity (Wildman–Crippen MR) is 52.5 cm³/mol. The van der Waals surface area contributed by atoms with Crippen LogP contribution in [-0.2, 0) is 0 Å². The van der Waals surface area contributed by atoms with E-state index < -0.39 is 0 Å². The van der Waals surface area contributed by atoms with Gasteiger partial charge in [0.25, 0.3) is 0 Å². The molecule has 0 aromatic carbocycles. The standard InChI is InChI=1S/C9H17NOS/c11-7-9-2-1-4-10-8(9)6-12-5-3-9/h8,10-11H,1-7H2. The number of aliphatic hydroxyl groups is 1. The molecule has 0 aromatic rings. The van der Waals surface area contributed by atoms with E-state index in [4.69, 9.17) is 0 Å². The smallest absolute Gasteiger partial charge is 0.0502 e. The highest BCUT2D eigenvalue weighted by Crippen LogP contribution is 2.40. The molecule has 2 fully saturated rings. The molecule has 70 valence electrons. The number of aliphatic hydroxyl groups excluding tert-OH is 1. The van der Waals surface area contributed by atoms with Gasteiger partial charge in [0, 0.05) is 17.2 Å². The minimum absolute atomic E-state index is 0.240. The number of fused-ring (bicyclic) bond motifs is 1. The van der Waals surface area contributed by atoms with Gasteiger partial charge in [-0.15, -0.1) is 0 Å². The van der Waals surface area contributed by atoms with E-state index >= 15 is 0 Å². The van der Waals surface area contributed by atoms with Crippen molar-refractivity contribution in [2.75, 3.05) is 24.7 Å². The van der Waals surface area contributed by atoms with Crippen molar-refractivity contribution in [3.05, 3.63) is 0 Å². The van der Waals surface area contributed by atoms with Crippen LogP contribution in [0.25, 0.3) is 0 Å². The largest absolute Gasteiger partial charge is 0.396 e. The average Bonchev–Trinajstić information content (AvgIpc) is 2.18. The van der Waals surface area contributed by atoms with Crippen LogP contribution in [0.4, 0.5) is 0 Å². The summed E-state index contributed by atoms with van der Waals surface area (Å²) in [5, 5.41) is 13.0. The SMILES string of the molecule is OCC12CCCNC1CSCC2. The highest BCUT2D eigenvalue weighted by Gasteiger charge is 2.41. The van der Waals surface area contributed by atoms with Gasteiger partial charge in [0.15, 0.2) is 0 Å². The molecule has 2 aliphatic rings. The molecular formula is C9H17NOS. The second-order valence-electron chi connectivity index (χ2n) is 3.96. The lowest BCUT2D eigenvalue weighted by Crippen LogP contribution is -2.55. The Bertz CT molecular complexity index is 151. The Balaban J connectivity index is 2.10. The Morgan fingerprint density at radius 1 is 1.50 bits per heavy atom. The van der Waals surface area contributed by atoms with E-state index in [-0.39, 0.29) is 5.41 Å². The molecule has 2 nitrogen and oxygen atoms in total. The van der Waals surface area contributed by atoms with Gasteiger partial charge in [0.05, 0.1) is 6.61 Å². The summed E-state index contributed by atoms with van der Waals surface area (Å²) < 4.78 is 0. The molecule has 2 rings (SSSR count). The summed E-state index contributed by atoms with van der Waals surface area (Å²) in [6.07, 6.45) is 3.66. The first-order chi connectivity index (χ1) is 5.87. The van der Waals surface area contributed by atoms with Crippen molar-refractivity contribution >= 4 is 11.8 Å². The topological polar surface area (TPSA) is 32.3 Å². The Morgan fingerprint density at radius 2 is 2.42 bits per heavy atom. The maximum Gasteiger partial charge on any atom is 0.0502 e. The number of piperidine rings is 1. The zero-order chi connectivity index (χ0) is 8.44. The molecule has 0 radical (unpaired) electrons. The van der Waals surface area contributed by atoms with Crippen LogP contribution in [0.2, 0.25) is 0 Å². The molecule has 0 spiro atoms. The molecule has 2 aliphatic heterocycles. The fourth-order valence-electron chi connectivity index (χ4n) is 2.39. The van der Waals surface area contributed by atoms with Crippen LogP contribution in [0.15, 0.2) is 0 Å². The van der Waals surface area contributed by atoms with Gasteiger partial charge in [0.1, 0.15) is 0 Å². The zero-order valence-electron chi connectivity index (χ0n) is 7.38. The van der Waals surface area contributed by atoms with E-state index in [0.717, 1.165) is 6.54 Å². The highest BCUT2D eigenvalue weighted by molar-refractivity contribution is 7.99. The Labute approximate surface area is 78.1 Å². The van der Waals surface area contributed by atoms with Crippen molar-refractivity contribution in [3.8, 4) is 0 Å². The van der Waals surface area contributed by atoms with E-state index in [1.807, 2.05) is 11.8 Å². The van der Waals surface area contributed by atoms with Crippen LogP contribution < -0.4 is 5.32 Å². The molecule has 2 heterocycles. The maximum absolute atomic E-state index is 9.43. The van der Waals surface area contributed by atoms with Crippen molar-refractivity contribution < 1.29 is 5.11 Å². The van der Waals surface area contributed by atoms with E-state index in [2.05, 4.69) is 5.32 Å². The molecule has 2 unspecified atom stereocenters. The lowest BCUT2D eigenvalue weighted by atomic mass is 9.73. The van der Waals surface area contributed by atoms with Crippen LogP contribution in [0.1, 0.15) is 19.3 Å². The number of nitrogens with one attached hydrogen (secondary N) is 1. The molecule has 0 aliphatic carbocycles. The molecule has 0 amide bonds. The van der Waals surface area contributed by atoms with E-state index in [0.29, 0.717) is 12.6 Å². The second kappa shape index (κ2) is 3.56. The van der Waals surface area contributed by atoms with Gasteiger partial charge in [-0.3, -0.25) is 0 Å². The fraction of sp³-hybridized carbons (Fsp3) is 1.00. The average molecular weight is 187 g/mol. The van der Waals surface area contributed by atoms with E-state index in [9.17, 15) is 5.11 Å². The van der Waals surface area contributed by atoms with Crippen LogP contribution in [0.5, 0.6) is 0 Å². The van der Waals surface area contributed by atoms with Crippen molar-refractivity contribution in [2.24, 2.45) is 5.41 Å². The van der Waals surface area contributed by atoms with Gasteiger partial charge < -0.3 is 10.4 Å². The molecule has 0 saturated carbocycles. The maximum atomic E-state index is 9.43. The monoisotopic (exact) mass is 187 g/mol. The van der Waals surface area contributed by atoms with Gasteiger partial charge in [-0.05, 0) is 31.6 Å². The van der Waals surface area contributed by atoms with Gasteiger partial charge >= 0.3 is 0 Å². The number of hydrogen-bond acceptors (Lipinski definition) is 3. The lowest BCUT2D eigenvalue weighted by Gasteiger charge is -2.46. The van der Waals surface area contributed by atoms with Gasteiger partial charge in [-0.2, -0.15) is 11.8 Å². The quantitative estimate of drug-likeness (QED) is 0.638. The number of thioether (sulfide) groups is 1. The molecule has 2 N–H and O–H groups in total. The molecule has 0 bridgehead atoms. The van der Waals surface area contributed by atoms with Crippen LogP contribution in [-0.4, -0.2) is 35.8 Å². The molecule has 2 atom stereocenters. The van der Waals surface area contributed by atoms with Crippen LogP contribution in [0.3, 0.4) is 0 Å². The third-order valence-corrected chi connectivity index (χ3v) is 4.39. The van der Waals surface area contributed by atoms with Crippen molar-refractivity contribution in [3.63, 3.8) is 0 Å². The van der Waals surface area contributed by atoms with Gasteiger partial charge in [0.2, 0.25) is 0 Å².